The maximum atomic E-state index is 13.8. The lowest BCUT2D eigenvalue weighted by atomic mass is 9.97. The van der Waals surface area contributed by atoms with Crippen LogP contribution in [0, 0.1) is 0 Å². The molecule has 1 saturated heterocycles. The summed E-state index contributed by atoms with van der Waals surface area (Å²) in [7, 11) is 0. The largest absolute Gasteiger partial charge is 0.271 e. The molecule has 0 bridgehead atoms. The molecule has 0 N–H and O–H groups in total. The van der Waals surface area contributed by atoms with Crippen molar-refractivity contribution in [3.05, 3.63) is 114 Å². The summed E-state index contributed by atoms with van der Waals surface area (Å²) in [6, 6.07) is 30.5. The molecule has 0 aliphatic carbocycles. The highest BCUT2D eigenvalue weighted by Gasteiger charge is 2.55. The first kappa shape index (κ1) is 23.9. The summed E-state index contributed by atoms with van der Waals surface area (Å²) >= 11 is 0. The summed E-state index contributed by atoms with van der Waals surface area (Å²) in [5.74, 6) is -1.22. The van der Waals surface area contributed by atoms with E-state index in [0.29, 0.717) is 12.1 Å². The first-order valence-corrected chi connectivity index (χ1v) is 13.1. The fraction of sp³-hybridized carbons (Fsp3) is 0.161. The van der Waals surface area contributed by atoms with Crippen molar-refractivity contribution in [2.24, 2.45) is 15.4 Å². The van der Waals surface area contributed by atoms with Crippen molar-refractivity contribution in [3.8, 4) is 0 Å². The van der Waals surface area contributed by atoms with E-state index in [4.69, 9.17) is 5.10 Å². The molecule has 9 nitrogen and oxygen atoms in total. The Morgan fingerprint density at radius 3 is 2.27 bits per heavy atom. The molecule has 0 aromatic heterocycles. The number of carbonyl (C=O) groups excluding carboxylic acids is 3. The minimum absolute atomic E-state index is 0.232. The van der Waals surface area contributed by atoms with E-state index >= 15 is 0 Å². The summed E-state index contributed by atoms with van der Waals surface area (Å²) in [5, 5.41) is 18.0. The fourth-order valence-electron chi connectivity index (χ4n) is 5.61. The second-order valence-electron chi connectivity index (χ2n) is 10.0. The third-order valence-corrected chi connectivity index (χ3v) is 7.60. The highest BCUT2D eigenvalue weighted by Crippen LogP contribution is 2.35. The van der Waals surface area contributed by atoms with Crippen molar-refractivity contribution in [1.29, 1.82) is 0 Å². The number of para-hydroxylation sites is 1. The molecule has 3 heterocycles. The number of nitrogens with zero attached hydrogens (tertiary/aromatic N) is 6. The Morgan fingerprint density at radius 1 is 0.800 bits per heavy atom. The molecule has 4 aromatic rings. The van der Waals surface area contributed by atoms with Gasteiger partial charge in [0.05, 0.1) is 17.4 Å². The van der Waals surface area contributed by atoms with E-state index in [1.165, 1.54) is 10.0 Å². The number of benzene rings is 4. The SMILES string of the molecule is O=C1[C@H]2N=NN(CC(=O)N3N=C(c4ccc5ccccc5c4)C[C@@H]3c3ccccc3)[C@@H]2C(=O)N1c1ccccc1. The quantitative estimate of drug-likeness (QED) is 0.356. The van der Waals surface area contributed by atoms with Crippen molar-refractivity contribution in [2.45, 2.75) is 24.5 Å². The van der Waals surface area contributed by atoms with Crippen LogP contribution < -0.4 is 4.90 Å². The molecule has 4 aromatic carbocycles. The Balaban J connectivity index is 1.17. The van der Waals surface area contributed by atoms with Gasteiger partial charge in [0.1, 0.15) is 6.54 Å². The van der Waals surface area contributed by atoms with E-state index in [1.807, 2.05) is 54.6 Å². The van der Waals surface area contributed by atoms with Gasteiger partial charge in [-0.2, -0.15) is 10.2 Å². The van der Waals surface area contributed by atoms with Crippen LogP contribution in [-0.2, 0) is 14.4 Å². The van der Waals surface area contributed by atoms with E-state index in [9.17, 15) is 14.4 Å². The zero-order chi connectivity index (χ0) is 27.2. The van der Waals surface area contributed by atoms with E-state index in [-0.39, 0.29) is 18.5 Å². The predicted octanol–water partition coefficient (Wildman–Crippen LogP) is 4.51. The Hall–Kier alpha value is -5.18. The minimum atomic E-state index is -0.972. The highest BCUT2D eigenvalue weighted by molar-refractivity contribution is 6.25. The van der Waals surface area contributed by atoms with Gasteiger partial charge in [0, 0.05) is 6.42 Å². The first-order chi connectivity index (χ1) is 19.6. The van der Waals surface area contributed by atoms with Crippen molar-refractivity contribution < 1.29 is 14.4 Å². The monoisotopic (exact) mass is 528 g/mol. The molecule has 3 aliphatic rings. The highest BCUT2D eigenvalue weighted by atomic mass is 16.2. The third kappa shape index (κ3) is 3.94. The number of hydrogen-bond donors (Lipinski definition) is 0. The van der Waals surface area contributed by atoms with Crippen LogP contribution in [0.15, 0.2) is 119 Å². The molecule has 9 heteroatoms. The van der Waals surface area contributed by atoms with Crippen molar-refractivity contribution in [3.63, 3.8) is 0 Å². The standard InChI is InChI=1S/C31H24N6O3/c38-27(19-35-29-28(32-34-35)30(39)36(31(29)40)24-13-5-2-6-14-24)37-26(21-10-3-1-4-11-21)18-25(33-37)23-16-15-20-9-7-8-12-22(20)17-23/h1-17,26,28-29H,18-19H2/t26-,28+,29+/m1/s1. The molecule has 7 rings (SSSR count). The number of imide groups is 1. The summed E-state index contributed by atoms with van der Waals surface area (Å²) in [6.45, 7) is -0.232. The van der Waals surface area contributed by atoms with Gasteiger partial charge in [-0.1, -0.05) is 90.2 Å². The number of amides is 3. The van der Waals surface area contributed by atoms with Crippen LogP contribution in [-0.4, -0.2) is 52.1 Å². The van der Waals surface area contributed by atoms with E-state index < -0.39 is 23.9 Å². The van der Waals surface area contributed by atoms with Crippen LogP contribution in [0.3, 0.4) is 0 Å². The van der Waals surface area contributed by atoms with Gasteiger partial charge in [-0.05, 0) is 40.1 Å². The van der Waals surface area contributed by atoms with E-state index in [2.05, 4.69) is 34.6 Å². The average molecular weight is 529 g/mol. The zero-order valence-corrected chi connectivity index (χ0v) is 21.4. The van der Waals surface area contributed by atoms with E-state index in [1.54, 1.807) is 24.3 Å². The Bertz CT molecular complexity index is 1700. The fourth-order valence-corrected chi connectivity index (χ4v) is 5.61. The Labute approximate surface area is 230 Å². The van der Waals surface area contributed by atoms with Crippen LogP contribution >= 0.6 is 0 Å². The lowest BCUT2D eigenvalue weighted by Gasteiger charge is -2.25. The van der Waals surface area contributed by atoms with Crippen molar-refractivity contribution in [1.82, 2.24) is 10.0 Å². The van der Waals surface area contributed by atoms with Gasteiger partial charge < -0.3 is 0 Å². The number of hydrazone groups is 1. The zero-order valence-electron chi connectivity index (χ0n) is 21.4. The minimum Gasteiger partial charge on any atom is -0.271 e. The number of carbonyl (C=O) groups is 3. The molecular weight excluding hydrogens is 504 g/mol. The van der Waals surface area contributed by atoms with Gasteiger partial charge in [-0.25, -0.2) is 9.91 Å². The van der Waals surface area contributed by atoms with Gasteiger partial charge in [-0.3, -0.25) is 19.4 Å². The summed E-state index contributed by atoms with van der Waals surface area (Å²) in [5.41, 5.74) is 3.18. The average Bonchev–Trinajstić information content (AvgIpc) is 3.69. The molecule has 0 unspecified atom stereocenters. The molecular formula is C31H24N6O3. The molecule has 0 saturated carbocycles. The smallest absolute Gasteiger partial charge is 0.264 e. The number of fused-ring (bicyclic) bond motifs is 2. The van der Waals surface area contributed by atoms with Crippen molar-refractivity contribution in [2.75, 3.05) is 11.4 Å². The third-order valence-electron chi connectivity index (χ3n) is 7.60. The lowest BCUT2D eigenvalue weighted by Crippen LogP contribution is -2.44. The molecule has 1 fully saturated rings. The van der Waals surface area contributed by atoms with Crippen LogP contribution in [0.25, 0.3) is 10.8 Å². The Kier molecular flexibility index (Phi) is 5.70. The van der Waals surface area contributed by atoms with Gasteiger partial charge in [0.2, 0.25) is 0 Å². The van der Waals surface area contributed by atoms with Crippen LogP contribution in [0.2, 0.25) is 0 Å². The normalized spacial score (nSPS) is 21.9. The second kappa shape index (κ2) is 9.53. The number of anilines is 1. The molecule has 3 aliphatic heterocycles. The van der Waals surface area contributed by atoms with Gasteiger partial charge in [0.25, 0.3) is 17.7 Å². The van der Waals surface area contributed by atoms with Crippen LogP contribution in [0.5, 0.6) is 0 Å². The Morgan fingerprint density at radius 2 is 1.50 bits per heavy atom. The predicted molar refractivity (Wildman–Crippen MR) is 149 cm³/mol. The summed E-state index contributed by atoms with van der Waals surface area (Å²) < 4.78 is 0. The van der Waals surface area contributed by atoms with Gasteiger partial charge in [-0.15, -0.1) is 0 Å². The molecule has 3 atom stereocenters. The van der Waals surface area contributed by atoms with Gasteiger partial charge >= 0.3 is 0 Å². The first-order valence-electron chi connectivity index (χ1n) is 13.1. The molecule has 196 valence electrons. The maximum Gasteiger partial charge on any atom is 0.264 e. The summed E-state index contributed by atoms with van der Waals surface area (Å²) in [4.78, 5) is 41.3. The van der Waals surface area contributed by atoms with Crippen molar-refractivity contribution >= 4 is 39.9 Å². The maximum absolute atomic E-state index is 13.8. The van der Waals surface area contributed by atoms with Gasteiger partial charge in [0.15, 0.2) is 12.1 Å². The summed E-state index contributed by atoms with van der Waals surface area (Å²) in [6.07, 6.45) is 0.543. The van der Waals surface area contributed by atoms with Crippen LogP contribution in [0.4, 0.5) is 5.69 Å². The molecule has 0 radical (unpaired) electrons. The lowest BCUT2D eigenvalue weighted by molar-refractivity contribution is -0.135. The molecule has 40 heavy (non-hydrogen) atoms. The number of rotatable bonds is 5. The van der Waals surface area contributed by atoms with E-state index in [0.717, 1.165) is 32.5 Å². The molecule has 0 spiro atoms. The number of hydrogen-bond acceptors (Lipinski definition) is 7. The van der Waals surface area contributed by atoms with Crippen LogP contribution in [0.1, 0.15) is 23.6 Å². The topological polar surface area (TPSA) is 98.0 Å². The second-order valence-corrected chi connectivity index (χ2v) is 10.0. The molecule has 3 amide bonds.